The highest BCUT2D eigenvalue weighted by atomic mass is 35.5. The Balaban J connectivity index is 1.31. The van der Waals surface area contributed by atoms with E-state index in [0.29, 0.717) is 23.2 Å². The summed E-state index contributed by atoms with van der Waals surface area (Å²) < 4.78 is 5.55. The first kappa shape index (κ1) is 16.9. The lowest BCUT2D eigenvalue weighted by Gasteiger charge is -2.36. The van der Waals surface area contributed by atoms with E-state index < -0.39 is 0 Å². The van der Waals surface area contributed by atoms with Crippen LogP contribution in [0.3, 0.4) is 0 Å². The van der Waals surface area contributed by atoms with E-state index in [9.17, 15) is 0 Å². The summed E-state index contributed by atoms with van der Waals surface area (Å²) in [7, 11) is 0. The fourth-order valence-corrected chi connectivity index (χ4v) is 4.75. The van der Waals surface area contributed by atoms with E-state index in [2.05, 4.69) is 16.7 Å². The third-order valence-corrected chi connectivity index (χ3v) is 5.92. The fourth-order valence-electron chi connectivity index (χ4n) is 4.33. The molecule has 3 heterocycles. The second-order valence-electron chi connectivity index (χ2n) is 7.08. The number of halogens is 1. The third-order valence-electron chi connectivity index (χ3n) is 5.45. The van der Waals surface area contributed by atoms with Gasteiger partial charge in [-0.2, -0.15) is 0 Å². The smallest absolute Gasteiger partial charge is 0.171 e. The zero-order chi connectivity index (χ0) is 17.2. The van der Waals surface area contributed by atoms with Gasteiger partial charge in [0, 0.05) is 42.4 Å². The number of fused-ring (bicyclic) bond motifs is 2. The molecule has 4 atom stereocenters. The molecular formula is C19H23ClN3OS+. The Bertz CT molecular complexity index is 705. The van der Waals surface area contributed by atoms with E-state index in [1.54, 1.807) is 11.2 Å². The fraction of sp³-hybridized carbons (Fsp3) is 0.421. The van der Waals surface area contributed by atoms with Gasteiger partial charge in [-0.05, 0) is 48.6 Å². The molecule has 1 aromatic carbocycles. The average Bonchev–Trinajstić information content (AvgIpc) is 3.17. The summed E-state index contributed by atoms with van der Waals surface area (Å²) in [6, 6.07) is 13.5. The van der Waals surface area contributed by atoms with Crippen molar-refractivity contribution >= 4 is 34.6 Å². The Morgan fingerprint density at radius 1 is 1.16 bits per heavy atom. The van der Waals surface area contributed by atoms with Gasteiger partial charge >= 0.3 is 0 Å². The number of piperidine rings is 1. The molecule has 0 saturated carbocycles. The number of thiocarbonyl (C=S) groups is 1. The van der Waals surface area contributed by atoms with Gasteiger partial charge in [-0.15, -0.1) is 0 Å². The minimum absolute atomic E-state index is 0.449. The van der Waals surface area contributed by atoms with E-state index in [0.717, 1.165) is 35.9 Å². The van der Waals surface area contributed by atoms with Crippen LogP contribution in [0, 0.1) is 0 Å². The zero-order valence-electron chi connectivity index (χ0n) is 14.0. The summed E-state index contributed by atoms with van der Waals surface area (Å²) in [4.78, 5) is 1.68. The first-order chi connectivity index (χ1) is 12.2. The monoisotopic (exact) mass is 376 g/mol. The molecule has 2 fully saturated rings. The Kier molecular flexibility index (Phi) is 4.97. The lowest BCUT2D eigenvalue weighted by atomic mass is 9.97. The van der Waals surface area contributed by atoms with E-state index in [4.69, 9.17) is 28.2 Å². The Morgan fingerprint density at radius 2 is 1.88 bits per heavy atom. The predicted molar refractivity (Wildman–Crippen MR) is 104 cm³/mol. The number of benzene rings is 1. The van der Waals surface area contributed by atoms with E-state index in [1.807, 2.05) is 30.3 Å². The summed E-state index contributed by atoms with van der Waals surface area (Å²) in [5.41, 5.74) is 0.964. The van der Waals surface area contributed by atoms with Crippen LogP contribution in [0.2, 0.25) is 5.02 Å². The minimum atomic E-state index is 0.449. The Hall–Kier alpha value is -1.56. The molecule has 2 saturated heterocycles. The summed E-state index contributed by atoms with van der Waals surface area (Å²) in [5.74, 6) is 1.10. The summed E-state index contributed by atoms with van der Waals surface area (Å²) in [6.45, 7) is 1.00. The van der Waals surface area contributed by atoms with Gasteiger partial charge in [-0.25, -0.2) is 0 Å². The molecule has 0 amide bonds. The summed E-state index contributed by atoms with van der Waals surface area (Å²) >= 11 is 11.4. The molecule has 4 nitrogen and oxygen atoms in total. The highest BCUT2D eigenvalue weighted by Gasteiger charge is 2.44. The van der Waals surface area contributed by atoms with Crippen molar-refractivity contribution in [1.29, 1.82) is 0 Å². The number of nitrogens with one attached hydrogen (secondary N) is 3. The zero-order valence-corrected chi connectivity index (χ0v) is 15.6. The Morgan fingerprint density at radius 3 is 2.52 bits per heavy atom. The molecule has 4 rings (SSSR count). The molecule has 2 bridgehead atoms. The van der Waals surface area contributed by atoms with Crippen molar-refractivity contribution in [3.05, 3.63) is 53.4 Å². The first-order valence-electron chi connectivity index (χ1n) is 8.88. The molecule has 3 N–H and O–H groups in total. The van der Waals surface area contributed by atoms with Crippen molar-refractivity contribution in [2.24, 2.45) is 0 Å². The standard InChI is InChI=1S/C19H22ClN3OS/c20-13-3-5-14(6-4-13)21-19(25)22-15-10-16-7-8-17(11-15)23(16)12-18-2-1-9-24-18/h1-6,9,15-17H,7-8,10-12H2,(H2,21,22,25)/p+1/t15?,16-,17+. The molecule has 2 aliphatic rings. The normalized spacial score (nSPS) is 27.9. The van der Waals surface area contributed by atoms with Crippen LogP contribution in [0.4, 0.5) is 5.69 Å². The van der Waals surface area contributed by atoms with Crippen LogP contribution in [0.5, 0.6) is 0 Å². The lowest BCUT2D eigenvalue weighted by Crippen LogP contribution is -3.17. The van der Waals surface area contributed by atoms with Gasteiger partial charge in [0.05, 0.1) is 18.3 Å². The second kappa shape index (κ2) is 7.36. The number of anilines is 1. The molecule has 0 radical (unpaired) electrons. The molecule has 2 unspecified atom stereocenters. The van der Waals surface area contributed by atoms with Crippen molar-refractivity contribution in [3.8, 4) is 0 Å². The molecule has 0 spiro atoms. The molecule has 0 aliphatic carbocycles. The van der Waals surface area contributed by atoms with E-state index >= 15 is 0 Å². The van der Waals surface area contributed by atoms with Crippen molar-refractivity contribution in [2.45, 2.75) is 50.4 Å². The average molecular weight is 377 g/mol. The van der Waals surface area contributed by atoms with Crippen molar-refractivity contribution in [1.82, 2.24) is 5.32 Å². The molecule has 132 valence electrons. The van der Waals surface area contributed by atoms with Crippen LogP contribution in [-0.4, -0.2) is 23.2 Å². The number of rotatable bonds is 4. The van der Waals surface area contributed by atoms with Gasteiger partial charge in [0.2, 0.25) is 0 Å². The second-order valence-corrected chi connectivity index (χ2v) is 7.92. The van der Waals surface area contributed by atoms with Crippen molar-refractivity contribution in [2.75, 3.05) is 5.32 Å². The SMILES string of the molecule is S=C(Nc1ccc(Cl)cc1)NC1C[C@H]2CC[C@@H](C1)[NH+]2Cc1ccco1. The number of quaternary nitrogens is 1. The van der Waals surface area contributed by atoms with Gasteiger partial charge in [0.1, 0.15) is 6.54 Å². The quantitative estimate of drug-likeness (QED) is 0.717. The molecule has 25 heavy (non-hydrogen) atoms. The van der Waals surface area contributed by atoms with Crippen LogP contribution in [0.1, 0.15) is 31.4 Å². The molecule has 1 aromatic heterocycles. The number of hydrogen-bond donors (Lipinski definition) is 3. The lowest BCUT2D eigenvalue weighted by molar-refractivity contribution is -0.955. The van der Waals surface area contributed by atoms with Gasteiger partial charge in [0.25, 0.3) is 0 Å². The van der Waals surface area contributed by atoms with Crippen LogP contribution in [0.15, 0.2) is 47.1 Å². The van der Waals surface area contributed by atoms with Crippen molar-refractivity contribution < 1.29 is 9.32 Å². The molecule has 2 aromatic rings. The van der Waals surface area contributed by atoms with E-state index in [-0.39, 0.29) is 0 Å². The highest BCUT2D eigenvalue weighted by Crippen LogP contribution is 2.24. The van der Waals surface area contributed by atoms with E-state index in [1.165, 1.54) is 12.8 Å². The topological polar surface area (TPSA) is 41.6 Å². The summed E-state index contributed by atoms with van der Waals surface area (Å²) in [5, 5.41) is 8.19. The minimum Gasteiger partial charge on any atom is -0.463 e. The maximum atomic E-state index is 5.92. The molecule has 2 aliphatic heterocycles. The number of hydrogen-bond acceptors (Lipinski definition) is 2. The van der Waals surface area contributed by atoms with Gasteiger partial charge in [-0.1, -0.05) is 11.6 Å². The first-order valence-corrected chi connectivity index (χ1v) is 9.67. The van der Waals surface area contributed by atoms with Crippen LogP contribution in [-0.2, 0) is 6.54 Å². The van der Waals surface area contributed by atoms with Crippen LogP contribution >= 0.6 is 23.8 Å². The maximum Gasteiger partial charge on any atom is 0.171 e. The molecular weight excluding hydrogens is 354 g/mol. The number of furan rings is 1. The summed E-state index contributed by atoms with van der Waals surface area (Å²) in [6.07, 6.45) is 6.70. The third kappa shape index (κ3) is 4.00. The van der Waals surface area contributed by atoms with Crippen LogP contribution in [0.25, 0.3) is 0 Å². The highest BCUT2D eigenvalue weighted by molar-refractivity contribution is 7.80. The van der Waals surface area contributed by atoms with Gasteiger partial charge < -0.3 is 20.0 Å². The maximum absolute atomic E-state index is 5.92. The molecule has 6 heteroatoms. The van der Waals surface area contributed by atoms with Gasteiger partial charge in [-0.3, -0.25) is 0 Å². The van der Waals surface area contributed by atoms with Crippen molar-refractivity contribution in [3.63, 3.8) is 0 Å². The van der Waals surface area contributed by atoms with Crippen LogP contribution < -0.4 is 15.5 Å². The predicted octanol–water partition coefficient (Wildman–Crippen LogP) is 3.00. The Labute approximate surface area is 158 Å². The largest absolute Gasteiger partial charge is 0.463 e. The van der Waals surface area contributed by atoms with Gasteiger partial charge in [0.15, 0.2) is 10.9 Å².